The van der Waals surface area contributed by atoms with E-state index in [0.29, 0.717) is 42.3 Å². The van der Waals surface area contributed by atoms with E-state index in [-0.39, 0.29) is 42.7 Å². The lowest BCUT2D eigenvalue weighted by molar-refractivity contribution is -0.158. The number of esters is 1. The van der Waals surface area contributed by atoms with Crippen LogP contribution in [0.5, 0.6) is 11.6 Å². The van der Waals surface area contributed by atoms with Gasteiger partial charge in [0.1, 0.15) is 23.7 Å². The highest BCUT2D eigenvalue weighted by Crippen LogP contribution is 2.51. The van der Waals surface area contributed by atoms with Crippen LogP contribution in [-0.2, 0) is 25.0 Å². The summed E-state index contributed by atoms with van der Waals surface area (Å²) in [6, 6.07) is 5.65. The molecule has 2 bridgehead atoms. The molecular weight excluding hydrogens is 570 g/mol. The molecule has 0 radical (unpaired) electrons. The summed E-state index contributed by atoms with van der Waals surface area (Å²) in [6.07, 6.45) is 2.08. The standard InChI is InChI=1S/C34H44F2N2O6/c1-7-23-27(19-39)38-18-28(23)43-30-24(14-20-11-12-22(42-6)15-26(20)37-30)34(35,36)13-9-8-10-21-17-33(21,5)44-29(40)16-25(31(38)41)32(2,3)4/h11-12,14-15,19,21,23,25,27-28H,7-10,13,16-18H2,1-6H3/t21-,23+,25-,27-,28+,33-/m1/s1. The van der Waals surface area contributed by atoms with Gasteiger partial charge in [0, 0.05) is 29.7 Å². The minimum atomic E-state index is -3.24. The SMILES string of the molecule is CC[C@@H]1[C@@H]2CN(C(=O)[C@H](C(C)(C)C)CC(=O)O[C@]3(C)C[C@H]3CCCCC(F)(F)c3cc4ccc(OC)cc4nc3O2)[C@@H]1C=O. The highest BCUT2D eigenvalue weighted by molar-refractivity contribution is 5.87. The first-order valence-corrected chi connectivity index (χ1v) is 15.7. The molecule has 2 aliphatic heterocycles. The number of nitrogens with zero attached hydrogens (tertiary/aromatic N) is 2. The summed E-state index contributed by atoms with van der Waals surface area (Å²) in [7, 11) is 1.52. The van der Waals surface area contributed by atoms with E-state index in [1.54, 1.807) is 18.2 Å². The van der Waals surface area contributed by atoms with Gasteiger partial charge in [-0.25, -0.2) is 13.8 Å². The predicted octanol–water partition coefficient (Wildman–Crippen LogP) is 6.47. The number of amides is 1. The molecule has 1 saturated carbocycles. The molecule has 0 unspecified atom stereocenters. The van der Waals surface area contributed by atoms with Gasteiger partial charge in [-0.05, 0) is 56.2 Å². The van der Waals surface area contributed by atoms with E-state index < -0.39 is 53.3 Å². The summed E-state index contributed by atoms with van der Waals surface area (Å²) >= 11 is 0. The Morgan fingerprint density at radius 2 is 1.93 bits per heavy atom. The molecule has 1 aromatic carbocycles. The van der Waals surface area contributed by atoms with Crippen molar-refractivity contribution < 1.29 is 37.4 Å². The summed E-state index contributed by atoms with van der Waals surface area (Å²) in [5.74, 6) is -4.84. The third-order valence-corrected chi connectivity index (χ3v) is 9.90. The molecule has 8 nitrogen and oxygen atoms in total. The lowest BCUT2D eigenvalue weighted by atomic mass is 9.77. The Bertz CT molecular complexity index is 1420. The van der Waals surface area contributed by atoms with E-state index in [1.807, 2.05) is 34.6 Å². The Morgan fingerprint density at radius 3 is 2.59 bits per heavy atom. The second-order valence-corrected chi connectivity index (χ2v) is 14.0. The average Bonchev–Trinajstić information content (AvgIpc) is 3.45. The zero-order valence-corrected chi connectivity index (χ0v) is 26.5. The van der Waals surface area contributed by atoms with Gasteiger partial charge in [-0.1, -0.05) is 34.1 Å². The van der Waals surface area contributed by atoms with Crippen LogP contribution in [-0.4, -0.2) is 59.4 Å². The molecule has 240 valence electrons. The van der Waals surface area contributed by atoms with Crippen molar-refractivity contribution in [3.8, 4) is 11.6 Å². The molecule has 2 aromatic rings. The molecular formula is C34H44F2N2O6. The van der Waals surface area contributed by atoms with Crippen LogP contribution in [0.3, 0.4) is 0 Å². The van der Waals surface area contributed by atoms with Gasteiger partial charge >= 0.3 is 5.97 Å². The number of alkyl halides is 2. The van der Waals surface area contributed by atoms with Crippen LogP contribution >= 0.6 is 0 Å². The highest BCUT2D eigenvalue weighted by atomic mass is 19.3. The minimum absolute atomic E-state index is 0.00496. The maximum atomic E-state index is 16.0. The van der Waals surface area contributed by atoms with Crippen molar-refractivity contribution in [3.05, 3.63) is 29.8 Å². The minimum Gasteiger partial charge on any atom is -0.497 e. The molecule has 0 N–H and O–H groups in total. The van der Waals surface area contributed by atoms with E-state index in [4.69, 9.17) is 14.2 Å². The number of rotatable bonds is 3. The van der Waals surface area contributed by atoms with E-state index in [2.05, 4.69) is 4.98 Å². The van der Waals surface area contributed by atoms with Crippen LogP contribution in [0.25, 0.3) is 10.9 Å². The Morgan fingerprint density at radius 1 is 1.18 bits per heavy atom. The van der Waals surface area contributed by atoms with Crippen molar-refractivity contribution in [3.63, 3.8) is 0 Å². The molecule has 1 saturated heterocycles. The molecule has 0 spiro atoms. The van der Waals surface area contributed by atoms with Crippen molar-refractivity contribution in [1.29, 1.82) is 0 Å². The smallest absolute Gasteiger partial charge is 0.307 e. The van der Waals surface area contributed by atoms with E-state index >= 15 is 8.78 Å². The second kappa shape index (κ2) is 11.9. The summed E-state index contributed by atoms with van der Waals surface area (Å²) in [6.45, 7) is 9.40. The number of pyridine rings is 1. The fourth-order valence-corrected chi connectivity index (χ4v) is 6.96. The quantitative estimate of drug-likeness (QED) is 0.289. The van der Waals surface area contributed by atoms with Crippen LogP contribution in [0.1, 0.15) is 85.1 Å². The number of fused-ring (bicyclic) bond motifs is 5. The first kappa shape index (κ1) is 32.1. The molecule has 10 heteroatoms. The van der Waals surface area contributed by atoms with Gasteiger partial charge in [0.15, 0.2) is 0 Å². The Kier molecular flexibility index (Phi) is 8.68. The highest BCUT2D eigenvalue weighted by Gasteiger charge is 2.54. The number of hydrogen-bond donors (Lipinski definition) is 0. The van der Waals surface area contributed by atoms with Crippen LogP contribution in [0.2, 0.25) is 0 Å². The number of carbonyl (C=O) groups is 3. The van der Waals surface area contributed by atoms with Crippen molar-refractivity contribution >= 4 is 29.1 Å². The van der Waals surface area contributed by atoms with Gasteiger partial charge < -0.3 is 23.9 Å². The molecule has 5 rings (SSSR count). The fraction of sp³-hybridized carbons (Fsp3) is 0.647. The number of aromatic nitrogens is 1. The van der Waals surface area contributed by atoms with Gasteiger partial charge in [-0.2, -0.15) is 0 Å². The van der Waals surface area contributed by atoms with Gasteiger partial charge in [-0.3, -0.25) is 9.59 Å². The maximum Gasteiger partial charge on any atom is 0.307 e. The molecule has 1 aliphatic carbocycles. The average molecular weight is 615 g/mol. The first-order chi connectivity index (χ1) is 20.7. The third kappa shape index (κ3) is 6.26. The molecule has 2 fully saturated rings. The fourth-order valence-electron chi connectivity index (χ4n) is 6.96. The van der Waals surface area contributed by atoms with E-state index in [1.165, 1.54) is 18.1 Å². The normalized spacial score (nSPS) is 31.2. The predicted molar refractivity (Wildman–Crippen MR) is 161 cm³/mol. The summed E-state index contributed by atoms with van der Waals surface area (Å²) in [4.78, 5) is 45.8. The van der Waals surface area contributed by atoms with Gasteiger partial charge in [-0.15, -0.1) is 0 Å². The lowest BCUT2D eigenvalue weighted by Crippen LogP contribution is -2.46. The molecule has 1 aromatic heterocycles. The number of carbonyl (C=O) groups excluding carboxylic acids is 3. The van der Waals surface area contributed by atoms with Crippen molar-refractivity contribution in [2.75, 3.05) is 13.7 Å². The van der Waals surface area contributed by atoms with E-state index in [0.717, 1.165) is 6.29 Å². The summed E-state index contributed by atoms with van der Waals surface area (Å²) in [5.41, 5.74) is -1.14. The van der Waals surface area contributed by atoms with Crippen LogP contribution < -0.4 is 9.47 Å². The number of ether oxygens (including phenoxy) is 3. The second-order valence-electron chi connectivity index (χ2n) is 14.0. The molecule has 1 amide bonds. The number of methoxy groups -OCH3 is 1. The van der Waals surface area contributed by atoms with Crippen LogP contribution in [0, 0.1) is 23.2 Å². The monoisotopic (exact) mass is 614 g/mol. The van der Waals surface area contributed by atoms with Gasteiger partial charge in [0.25, 0.3) is 5.92 Å². The van der Waals surface area contributed by atoms with Gasteiger partial charge in [0.05, 0.1) is 43.1 Å². The number of halogens is 2. The molecule has 3 aliphatic rings. The topological polar surface area (TPSA) is 95.0 Å². The zero-order chi connectivity index (χ0) is 32.0. The Labute approximate surface area is 257 Å². The largest absolute Gasteiger partial charge is 0.497 e. The van der Waals surface area contributed by atoms with E-state index in [9.17, 15) is 14.4 Å². The number of aldehydes is 1. The first-order valence-electron chi connectivity index (χ1n) is 15.7. The molecule has 6 atom stereocenters. The molecule has 44 heavy (non-hydrogen) atoms. The van der Waals surface area contributed by atoms with Crippen LogP contribution in [0.15, 0.2) is 24.3 Å². The zero-order valence-electron chi connectivity index (χ0n) is 26.5. The summed E-state index contributed by atoms with van der Waals surface area (Å²) < 4.78 is 49.6. The summed E-state index contributed by atoms with van der Waals surface area (Å²) in [5, 5.41) is 0.527. The molecule has 3 heterocycles. The maximum absolute atomic E-state index is 16.0. The van der Waals surface area contributed by atoms with Crippen molar-refractivity contribution in [2.24, 2.45) is 23.2 Å². The third-order valence-electron chi connectivity index (χ3n) is 9.90. The number of benzene rings is 1. The van der Waals surface area contributed by atoms with Crippen molar-refractivity contribution in [1.82, 2.24) is 9.88 Å². The Balaban J connectivity index is 1.58. The van der Waals surface area contributed by atoms with Gasteiger partial charge in [0.2, 0.25) is 11.8 Å². The Hall–Kier alpha value is -3.30. The van der Waals surface area contributed by atoms with Crippen LogP contribution in [0.4, 0.5) is 8.78 Å². The number of hydrogen-bond acceptors (Lipinski definition) is 7. The van der Waals surface area contributed by atoms with Crippen molar-refractivity contribution in [2.45, 2.75) is 103 Å². The lowest BCUT2D eigenvalue weighted by Gasteiger charge is -2.34.